The van der Waals surface area contributed by atoms with Gasteiger partial charge in [0.15, 0.2) is 0 Å². The highest BCUT2D eigenvalue weighted by molar-refractivity contribution is 7.99. The second-order valence-electron chi connectivity index (χ2n) is 7.85. The molecule has 1 N–H and O–H groups in total. The van der Waals surface area contributed by atoms with Crippen molar-refractivity contribution in [1.82, 2.24) is 5.32 Å². The van der Waals surface area contributed by atoms with E-state index in [1.54, 1.807) is 23.9 Å². The van der Waals surface area contributed by atoms with Crippen LogP contribution < -0.4 is 5.32 Å². The molecule has 3 aromatic rings. The number of hydrogen-bond acceptors (Lipinski definition) is 2. The molecule has 0 aromatic heterocycles. The Bertz CT molecular complexity index is 1100. The number of fused-ring (bicyclic) bond motifs is 2. The van der Waals surface area contributed by atoms with Crippen LogP contribution in [0.1, 0.15) is 47.3 Å². The van der Waals surface area contributed by atoms with Gasteiger partial charge in [-0.05, 0) is 77.1 Å². The molecule has 0 fully saturated rings. The average Bonchev–Trinajstić information content (AvgIpc) is 2.90. The van der Waals surface area contributed by atoms with Gasteiger partial charge >= 0.3 is 0 Å². The fourth-order valence-corrected chi connectivity index (χ4v) is 4.51. The number of carbonyl (C=O) groups is 1. The van der Waals surface area contributed by atoms with E-state index in [1.807, 2.05) is 30.3 Å². The monoisotopic (exact) mass is 417 g/mol. The molecule has 0 aliphatic carbocycles. The molecule has 30 heavy (non-hydrogen) atoms. The normalized spacial score (nSPS) is 12.6. The minimum absolute atomic E-state index is 0.0538. The van der Waals surface area contributed by atoms with E-state index in [2.05, 4.69) is 37.4 Å². The minimum Gasteiger partial charge on any atom is -0.352 e. The molecule has 0 radical (unpaired) electrons. The smallest absolute Gasteiger partial charge is 0.251 e. The summed E-state index contributed by atoms with van der Waals surface area (Å²) < 4.78 is 13.5. The summed E-state index contributed by atoms with van der Waals surface area (Å²) in [5.41, 5.74) is 4.72. The third-order valence-corrected chi connectivity index (χ3v) is 6.30. The van der Waals surface area contributed by atoms with Crippen LogP contribution in [0, 0.1) is 11.7 Å². The van der Waals surface area contributed by atoms with Gasteiger partial charge in [0.05, 0.1) is 0 Å². The van der Waals surface area contributed by atoms with Crippen molar-refractivity contribution in [1.29, 1.82) is 0 Å². The van der Waals surface area contributed by atoms with E-state index in [1.165, 1.54) is 12.1 Å². The summed E-state index contributed by atoms with van der Waals surface area (Å²) in [6.45, 7) is 4.96. The van der Waals surface area contributed by atoms with Crippen LogP contribution in [0.25, 0.3) is 11.6 Å². The van der Waals surface area contributed by atoms with Gasteiger partial charge < -0.3 is 5.32 Å². The lowest BCUT2D eigenvalue weighted by Gasteiger charge is -2.10. The molecular formula is C26H24FNOS. The van der Waals surface area contributed by atoms with Gasteiger partial charge in [-0.15, -0.1) is 0 Å². The van der Waals surface area contributed by atoms with Crippen molar-refractivity contribution in [2.45, 2.75) is 30.1 Å². The van der Waals surface area contributed by atoms with Gasteiger partial charge in [-0.2, -0.15) is 0 Å². The molecule has 0 bridgehead atoms. The molecule has 4 heteroatoms. The van der Waals surface area contributed by atoms with E-state index in [9.17, 15) is 9.18 Å². The van der Waals surface area contributed by atoms with Gasteiger partial charge in [-0.25, -0.2) is 4.39 Å². The van der Waals surface area contributed by atoms with E-state index in [-0.39, 0.29) is 11.7 Å². The van der Waals surface area contributed by atoms with Crippen molar-refractivity contribution in [3.05, 3.63) is 94.8 Å². The number of rotatable bonds is 5. The van der Waals surface area contributed by atoms with Crippen LogP contribution in [0.5, 0.6) is 0 Å². The second kappa shape index (κ2) is 8.88. The number of nitrogens with one attached hydrogen (secondary N) is 1. The first-order valence-corrected chi connectivity index (χ1v) is 11.0. The Labute approximate surface area is 181 Å². The van der Waals surface area contributed by atoms with Gasteiger partial charge in [0.25, 0.3) is 5.91 Å². The number of hydrogen-bond donors (Lipinski definition) is 1. The molecule has 152 valence electrons. The molecular weight excluding hydrogens is 393 g/mol. The Hall–Kier alpha value is -2.85. The Balaban J connectivity index is 1.74. The second-order valence-corrected chi connectivity index (χ2v) is 8.94. The number of carbonyl (C=O) groups excluding carboxylic acids is 1. The first kappa shape index (κ1) is 20.4. The number of halogens is 1. The summed E-state index contributed by atoms with van der Waals surface area (Å²) in [4.78, 5) is 14.9. The zero-order valence-corrected chi connectivity index (χ0v) is 17.9. The maximum absolute atomic E-state index is 13.5. The van der Waals surface area contributed by atoms with Crippen molar-refractivity contribution in [3.8, 4) is 0 Å². The number of benzene rings is 3. The minimum atomic E-state index is -0.253. The average molecular weight is 418 g/mol. The Morgan fingerprint density at radius 2 is 1.77 bits per heavy atom. The summed E-state index contributed by atoms with van der Waals surface area (Å²) in [7, 11) is 0. The van der Waals surface area contributed by atoms with Crippen LogP contribution in [0.4, 0.5) is 4.39 Å². The predicted octanol–water partition coefficient (Wildman–Crippen LogP) is 6.66. The lowest BCUT2D eigenvalue weighted by molar-refractivity contribution is 0.0952. The van der Waals surface area contributed by atoms with Crippen molar-refractivity contribution in [2.24, 2.45) is 5.92 Å². The third kappa shape index (κ3) is 4.49. The molecule has 4 rings (SSSR count). The van der Waals surface area contributed by atoms with Crippen LogP contribution in [0.2, 0.25) is 0 Å². The Kier molecular flexibility index (Phi) is 6.05. The molecule has 0 saturated carbocycles. The lowest BCUT2D eigenvalue weighted by atomic mass is 9.95. The van der Waals surface area contributed by atoms with Crippen molar-refractivity contribution in [2.75, 3.05) is 6.54 Å². The molecule has 0 saturated heterocycles. The van der Waals surface area contributed by atoms with Crippen LogP contribution in [0.15, 0.2) is 76.5 Å². The van der Waals surface area contributed by atoms with E-state index in [0.29, 0.717) is 18.0 Å². The maximum Gasteiger partial charge on any atom is 0.251 e. The fourth-order valence-electron chi connectivity index (χ4n) is 3.47. The third-order valence-electron chi connectivity index (χ3n) is 5.13. The molecule has 1 aliphatic rings. The van der Waals surface area contributed by atoms with E-state index in [4.69, 9.17) is 0 Å². The molecule has 0 atom stereocenters. The highest BCUT2D eigenvalue weighted by Crippen LogP contribution is 2.42. The van der Waals surface area contributed by atoms with Gasteiger partial charge in [0.1, 0.15) is 5.82 Å². The van der Waals surface area contributed by atoms with Crippen LogP contribution >= 0.6 is 11.8 Å². The Morgan fingerprint density at radius 1 is 1.00 bits per heavy atom. The van der Waals surface area contributed by atoms with Gasteiger partial charge in [0, 0.05) is 21.9 Å². The molecule has 1 aliphatic heterocycles. The van der Waals surface area contributed by atoms with Gasteiger partial charge in [0.2, 0.25) is 0 Å². The molecule has 1 heterocycles. The van der Waals surface area contributed by atoms with E-state index >= 15 is 0 Å². The highest BCUT2D eigenvalue weighted by Gasteiger charge is 2.18. The quantitative estimate of drug-likeness (QED) is 0.394. The van der Waals surface area contributed by atoms with Crippen LogP contribution in [0.3, 0.4) is 0 Å². The zero-order chi connectivity index (χ0) is 21.1. The van der Waals surface area contributed by atoms with Crippen LogP contribution in [-0.4, -0.2) is 12.5 Å². The maximum atomic E-state index is 13.5. The number of amides is 1. The SMILES string of the molecule is CC(C)CCNC(=O)c1ccc2c(c1)C=C(c1ccc(F)cc1)c1ccccc1S2. The molecule has 0 spiro atoms. The molecule has 2 nitrogen and oxygen atoms in total. The van der Waals surface area contributed by atoms with Crippen molar-refractivity contribution >= 4 is 29.3 Å². The summed E-state index contributed by atoms with van der Waals surface area (Å²) >= 11 is 1.69. The topological polar surface area (TPSA) is 29.1 Å². The zero-order valence-electron chi connectivity index (χ0n) is 17.1. The van der Waals surface area contributed by atoms with Gasteiger partial charge in [-0.1, -0.05) is 55.9 Å². The van der Waals surface area contributed by atoms with E-state index in [0.717, 1.165) is 38.5 Å². The molecule has 1 amide bonds. The molecule has 3 aromatic carbocycles. The standard InChI is InChI=1S/C26H24FNOS/c1-17(2)13-14-28-26(29)19-9-12-24-20(15-19)16-23(18-7-10-21(27)11-8-18)22-5-3-4-6-25(22)30-24/h3-12,15-17H,13-14H2,1-2H3,(H,28,29). The van der Waals surface area contributed by atoms with Crippen molar-refractivity contribution < 1.29 is 9.18 Å². The summed E-state index contributed by atoms with van der Waals surface area (Å²) in [5.74, 6) is 0.242. The largest absolute Gasteiger partial charge is 0.352 e. The highest BCUT2D eigenvalue weighted by atomic mass is 32.2. The first-order chi connectivity index (χ1) is 14.5. The molecule has 0 unspecified atom stereocenters. The summed E-state index contributed by atoms with van der Waals surface area (Å²) in [5, 5.41) is 3.01. The Morgan fingerprint density at radius 3 is 2.53 bits per heavy atom. The lowest BCUT2D eigenvalue weighted by Crippen LogP contribution is -2.25. The van der Waals surface area contributed by atoms with Crippen molar-refractivity contribution in [3.63, 3.8) is 0 Å². The fraction of sp³-hybridized carbons (Fsp3) is 0.192. The first-order valence-electron chi connectivity index (χ1n) is 10.2. The van der Waals surface area contributed by atoms with Crippen LogP contribution in [-0.2, 0) is 0 Å². The summed E-state index contributed by atoms with van der Waals surface area (Å²) in [6, 6.07) is 20.6. The summed E-state index contributed by atoms with van der Waals surface area (Å²) in [6.07, 6.45) is 3.06. The van der Waals surface area contributed by atoms with E-state index < -0.39 is 0 Å². The predicted molar refractivity (Wildman–Crippen MR) is 122 cm³/mol. The van der Waals surface area contributed by atoms with Gasteiger partial charge in [-0.3, -0.25) is 4.79 Å².